The second-order valence-electron chi connectivity index (χ2n) is 4.47. The van der Waals surface area contributed by atoms with Crippen LogP contribution < -0.4 is 5.73 Å². The van der Waals surface area contributed by atoms with Gasteiger partial charge in [-0.2, -0.15) is 0 Å². The highest BCUT2D eigenvalue weighted by Gasteiger charge is 2.25. The van der Waals surface area contributed by atoms with E-state index in [1.54, 1.807) is 5.56 Å². The smallest absolute Gasteiger partial charge is 0.00430 e. The molecule has 14 heavy (non-hydrogen) atoms. The summed E-state index contributed by atoms with van der Waals surface area (Å²) in [4.78, 5) is 0. The number of benzene rings is 1. The fraction of sp³-hybridized carbons (Fsp3) is 0.538. The van der Waals surface area contributed by atoms with E-state index < -0.39 is 0 Å². The van der Waals surface area contributed by atoms with Crippen LogP contribution in [0.25, 0.3) is 0 Å². The van der Waals surface area contributed by atoms with E-state index in [0.717, 1.165) is 6.54 Å². The summed E-state index contributed by atoms with van der Waals surface area (Å²) in [6.07, 6.45) is 2.48. The molecular formula is C13H19N. The summed E-state index contributed by atoms with van der Waals surface area (Å²) in [5.74, 6) is 1.33. The lowest BCUT2D eigenvalue weighted by atomic mass is 9.75. The van der Waals surface area contributed by atoms with Gasteiger partial charge in [-0.05, 0) is 54.8 Å². The molecule has 2 rings (SSSR count). The van der Waals surface area contributed by atoms with E-state index in [1.165, 1.54) is 24.0 Å². The van der Waals surface area contributed by atoms with Gasteiger partial charge in [0.05, 0.1) is 0 Å². The number of aryl methyl sites for hydroxylation is 1. The minimum Gasteiger partial charge on any atom is -0.330 e. The SMILES string of the molecule is Cc1cccc2c1CCC(CN)C2C. The largest absolute Gasteiger partial charge is 0.330 e. The first-order valence-electron chi connectivity index (χ1n) is 5.52. The third-order valence-corrected chi connectivity index (χ3v) is 3.71. The molecule has 1 heteroatoms. The predicted octanol–water partition coefficient (Wildman–Crippen LogP) is 2.62. The van der Waals surface area contributed by atoms with Gasteiger partial charge >= 0.3 is 0 Å². The summed E-state index contributed by atoms with van der Waals surface area (Å²) < 4.78 is 0. The minimum absolute atomic E-state index is 0.642. The van der Waals surface area contributed by atoms with Crippen molar-refractivity contribution in [3.8, 4) is 0 Å². The third-order valence-electron chi connectivity index (χ3n) is 3.71. The van der Waals surface area contributed by atoms with Crippen LogP contribution in [0, 0.1) is 12.8 Å². The molecule has 2 atom stereocenters. The topological polar surface area (TPSA) is 26.0 Å². The number of rotatable bonds is 1. The predicted molar refractivity (Wildman–Crippen MR) is 60.5 cm³/mol. The van der Waals surface area contributed by atoms with Gasteiger partial charge in [0.2, 0.25) is 0 Å². The molecule has 0 saturated carbocycles. The fourth-order valence-corrected chi connectivity index (χ4v) is 2.65. The second-order valence-corrected chi connectivity index (χ2v) is 4.47. The van der Waals surface area contributed by atoms with Crippen LogP contribution in [0.1, 0.15) is 36.0 Å². The number of hydrogen-bond donors (Lipinski definition) is 1. The summed E-state index contributed by atoms with van der Waals surface area (Å²) in [7, 11) is 0. The highest BCUT2D eigenvalue weighted by molar-refractivity contribution is 5.38. The van der Waals surface area contributed by atoms with Crippen molar-refractivity contribution in [3.05, 3.63) is 34.9 Å². The van der Waals surface area contributed by atoms with Gasteiger partial charge in [-0.15, -0.1) is 0 Å². The molecule has 0 spiro atoms. The van der Waals surface area contributed by atoms with Crippen LogP contribution in [-0.4, -0.2) is 6.54 Å². The zero-order valence-corrected chi connectivity index (χ0v) is 9.09. The highest BCUT2D eigenvalue weighted by Crippen LogP contribution is 2.36. The molecule has 0 amide bonds. The lowest BCUT2D eigenvalue weighted by molar-refractivity contribution is 0.400. The van der Waals surface area contributed by atoms with Crippen molar-refractivity contribution in [3.63, 3.8) is 0 Å². The zero-order valence-electron chi connectivity index (χ0n) is 9.09. The molecule has 76 valence electrons. The van der Waals surface area contributed by atoms with Crippen LogP contribution >= 0.6 is 0 Å². The van der Waals surface area contributed by atoms with Crippen molar-refractivity contribution in [1.82, 2.24) is 0 Å². The average Bonchev–Trinajstić information content (AvgIpc) is 2.20. The molecule has 2 unspecified atom stereocenters. The Bertz CT molecular complexity index is 330. The summed E-state index contributed by atoms with van der Waals surface area (Å²) in [5.41, 5.74) is 10.3. The molecule has 1 aromatic rings. The van der Waals surface area contributed by atoms with Crippen LogP contribution in [0.3, 0.4) is 0 Å². The Kier molecular flexibility index (Phi) is 2.60. The summed E-state index contributed by atoms with van der Waals surface area (Å²) in [6.45, 7) is 5.36. The molecule has 0 heterocycles. The molecule has 0 fully saturated rings. The van der Waals surface area contributed by atoms with Crippen molar-refractivity contribution in [2.75, 3.05) is 6.54 Å². The van der Waals surface area contributed by atoms with Gasteiger partial charge in [0, 0.05) is 0 Å². The maximum absolute atomic E-state index is 5.79. The van der Waals surface area contributed by atoms with Gasteiger partial charge < -0.3 is 5.73 Å². The zero-order chi connectivity index (χ0) is 10.1. The normalized spacial score (nSPS) is 25.9. The number of nitrogens with two attached hydrogens (primary N) is 1. The maximum Gasteiger partial charge on any atom is -0.00430 e. The summed E-state index contributed by atoms with van der Waals surface area (Å²) in [5, 5.41) is 0. The molecule has 0 aliphatic heterocycles. The Morgan fingerprint density at radius 1 is 1.43 bits per heavy atom. The van der Waals surface area contributed by atoms with Crippen LogP contribution in [0.5, 0.6) is 0 Å². The summed E-state index contributed by atoms with van der Waals surface area (Å²) in [6, 6.07) is 6.66. The van der Waals surface area contributed by atoms with Gasteiger partial charge in [0.15, 0.2) is 0 Å². The number of fused-ring (bicyclic) bond motifs is 1. The molecule has 0 radical (unpaired) electrons. The van der Waals surface area contributed by atoms with Crippen LogP contribution in [0.4, 0.5) is 0 Å². The Hall–Kier alpha value is -0.820. The van der Waals surface area contributed by atoms with E-state index in [9.17, 15) is 0 Å². The quantitative estimate of drug-likeness (QED) is 0.722. The van der Waals surface area contributed by atoms with Gasteiger partial charge in [0.25, 0.3) is 0 Å². The molecule has 0 aromatic heterocycles. The fourth-order valence-electron chi connectivity index (χ4n) is 2.65. The molecule has 0 saturated heterocycles. The Labute approximate surface area is 86.3 Å². The van der Waals surface area contributed by atoms with Gasteiger partial charge in [-0.25, -0.2) is 0 Å². The first-order chi connectivity index (χ1) is 6.74. The van der Waals surface area contributed by atoms with Crippen molar-refractivity contribution in [2.24, 2.45) is 11.7 Å². The van der Waals surface area contributed by atoms with E-state index in [1.807, 2.05) is 0 Å². The Morgan fingerprint density at radius 2 is 2.21 bits per heavy atom. The van der Waals surface area contributed by atoms with Gasteiger partial charge in [0.1, 0.15) is 0 Å². The average molecular weight is 189 g/mol. The van der Waals surface area contributed by atoms with Gasteiger partial charge in [-0.3, -0.25) is 0 Å². The molecule has 1 aromatic carbocycles. The number of hydrogen-bond acceptors (Lipinski definition) is 1. The highest BCUT2D eigenvalue weighted by atomic mass is 14.6. The first-order valence-corrected chi connectivity index (χ1v) is 5.52. The monoisotopic (exact) mass is 189 g/mol. The minimum atomic E-state index is 0.642. The standard InChI is InChI=1S/C13H19N/c1-9-4-3-5-13-10(2)11(8-14)6-7-12(9)13/h3-5,10-11H,6-8,14H2,1-2H3. The van der Waals surface area contributed by atoms with E-state index in [4.69, 9.17) is 5.73 Å². The van der Waals surface area contributed by atoms with Crippen LogP contribution in [0.15, 0.2) is 18.2 Å². The summed E-state index contributed by atoms with van der Waals surface area (Å²) >= 11 is 0. The van der Waals surface area contributed by atoms with Crippen molar-refractivity contribution in [2.45, 2.75) is 32.6 Å². The Balaban J connectivity index is 2.41. The van der Waals surface area contributed by atoms with Crippen molar-refractivity contribution >= 4 is 0 Å². The van der Waals surface area contributed by atoms with Gasteiger partial charge in [-0.1, -0.05) is 25.1 Å². The molecule has 1 aliphatic carbocycles. The van der Waals surface area contributed by atoms with E-state index in [0.29, 0.717) is 11.8 Å². The second kappa shape index (κ2) is 3.74. The van der Waals surface area contributed by atoms with E-state index in [-0.39, 0.29) is 0 Å². The molecule has 2 N–H and O–H groups in total. The lowest BCUT2D eigenvalue weighted by Crippen LogP contribution is -2.25. The van der Waals surface area contributed by atoms with E-state index >= 15 is 0 Å². The van der Waals surface area contributed by atoms with Crippen LogP contribution in [-0.2, 0) is 6.42 Å². The first kappa shape index (κ1) is 9.72. The van der Waals surface area contributed by atoms with Crippen molar-refractivity contribution < 1.29 is 0 Å². The lowest BCUT2D eigenvalue weighted by Gasteiger charge is -2.31. The molecular weight excluding hydrogens is 170 g/mol. The van der Waals surface area contributed by atoms with Crippen LogP contribution in [0.2, 0.25) is 0 Å². The third kappa shape index (κ3) is 1.46. The van der Waals surface area contributed by atoms with E-state index in [2.05, 4.69) is 32.0 Å². The Morgan fingerprint density at radius 3 is 2.93 bits per heavy atom. The molecule has 1 aliphatic rings. The molecule has 1 nitrogen and oxygen atoms in total. The maximum atomic E-state index is 5.79. The molecule has 0 bridgehead atoms. The van der Waals surface area contributed by atoms with Crippen molar-refractivity contribution in [1.29, 1.82) is 0 Å².